The molecule has 0 amide bonds. The molecule has 2 fully saturated rings. The monoisotopic (exact) mass is 152 g/mol. The van der Waals surface area contributed by atoms with Crippen LogP contribution in [0.2, 0.25) is 0 Å². The van der Waals surface area contributed by atoms with Crippen molar-refractivity contribution in [3.05, 3.63) is 0 Å². The van der Waals surface area contributed by atoms with E-state index in [0.717, 1.165) is 0 Å². The molecule has 62 valence electrons. The number of fused-ring (bicyclic) bond motifs is 2. The molecule has 0 saturated heterocycles. The van der Waals surface area contributed by atoms with Gasteiger partial charge in [-0.2, -0.15) is 0 Å². The van der Waals surface area contributed by atoms with Gasteiger partial charge in [0, 0.05) is 5.41 Å². The van der Waals surface area contributed by atoms with Crippen molar-refractivity contribution < 1.29 is 4.79 Å². The van der Waals surface area contributed by atoms with Crippen LogP contribution < -0.4 is 0 Å². The van der Waals surface area contributed by atoms with E-state index in [0.29, 0.717) is 11.2 Å². The Bertz CT molecular complexity index is 197. The van der Waals surface area contributed by atoms with Crippen LogP contribution >= 0.6 is 0 Å². The summed E-state index contributed by atoms with van der Waals surface area (Å²) < 4.78 is 0. The lowest BCUT2D eigenvalue weighted by Crippen LogP contribution is -2.23. The Morgan fingerprint density at radius 3 is 1.91 bits per heavy atom. The minimum atomic E-state index is 0.134. The Balaban J connectivity index is 2.27. The average molecular weight is 152 g/mol. The van der Waals surface area contributed by atoms with Crippen molar-refractivity contribution in [2.45, 2.75) is 46.0 Å². The molecule has 0 radical (unpaired) electrons. The topological polar surface area (TPSA) is 17.1 Å². The maximum atomic E-state index is 11.4. The van der Waals surface area contributed by atoms with E-state index in [4.69, 9.17) is 0 Å². The predicted octanol–water partition coefficient (Wildman–Crippen LogP) is 2.55. The third-order valence-electron chi connectivity index (χ3n) is 3.93. The molecule has 1 heteroatoms. The van der Waals surface area contributed by atoms with Gasteiger partial charge in [-0.25, -0.2) is 0 Å². The van der Waals surface area contributed by atoms with Crippen LogP contribution in [0.5, 0.6) is 0 Å². The molecule has 2 rings (SSSR count). The summed E-state index contributed by atoms with van der Waals surface area (Å²) >= 11 is 0. The van der Waals surface area contributed by atoms with Gasteiger partial charge in [-0.15, -0.1) is 0 Å². The number of Topliss-reactive ketones (excluding diaryl/α,β-unsaturated/α-hetero) is 1. The van der Waals surface area contributed by atoms with Crippen LogP contribution in [-0.2, 0) is 4.79 Å². The van der Waals surface area contributed by atoms with Crippen molar-refractivity contribution in [1.29, 1.82) is 0 Å². The van der Waals surface area contributed by atoms with Gasteiger partial charge in [0.15, 0.2) is 0 Å². The zero-order valence-corrected chi connectivity index (χ0v) is 7.44. The lowest BCUT2D eigenvalue weighted by molar-refractivity contribution is -0.126. The summed E-state index contributed by atoms with van der Waals surface area (Å²) in [5.74, 6) is 0.443. The lowest BCUT2D eigenvalue weighted by atomic mass is 9.80. The smallest absolute Gasteiger partial charge is 0.135 e. The molecule has 2 aliphatic rings. The Hall–Kier alpha value is -0.330. The number of hydrogen-bond acceptors (Lipinski definition) is 1. The van der Waals surface area contributed by atoms with E-state index in [1.807, 2.05) is 0 Å². The van der Waals surface area contributed by atoms with Crippen molar-refractivity contribution in [3.63, 3.8) is 0 Å². The van der Waals surface area contributed by atoms with Crippen LogP contribution in [0.25, 0.3) is 0 Å². The molecule has 0 aromatic carbocycles. The zero-order valence-electron chi connectivity index (χ0n) is 7.44. The first kappa shape index (κ1) is 7.33. The summed E-state index contributed by atoms with van der Waals surface area (Å²) in [4.78, 5) is 11.4. The maximum Gasteiger partial charge on any atom is 0.135 e. The van der Waals surface area contributed by atoms with Crippen LogP contribution in [0.3, 0.4) is 0 Å². The first-order chi connectivity index (χ1) is 5.06. The first-order valence-corrected chi connectivity index (χ1v) is 4.58. The summed E-state index contributed by atoms with van der Waals surface area (Å²) in [5, 5.41) is 0. The predicted molar refractivity (Wildman–Crippen MR) is 44.3 cm³/mol. The molecule has 1 nitrogen and oxygen atoms in total. The summed E-state index contributed by atoms with van der Waals surface area (Å²) in [5.41, 5.74) is 0.667. The maximum absolute atomic E-state index is 11.4. The van der Waals surface area contributed by atoms with E-state index in [-0.39, 0.29) is 5.41 Å². The van der Waals surface area contributed by atoms with Crippen LogP contribution in [0.4, 0.5) is 0 Å². The van der Waals surface area contributed by atoms with Crippen molar-refractivity contribution in [2.75, 3.05) is 0 Å². The quantitative estimate of drug-likeness (QED) is 0.564. The van der Waals surface area contributed by atoms with Gasteiger partial charge in [-0.1, -0.05) is 6.92 Å². The summed E-state index contributed by atoms with van der Waals surface area (Å²) in [6, 6.07) is 0. The van der Waals surface area contributed by atoms with Gasteiger partial charge in [0.2, 0.25) is 0 Å². The number of ketones is 1. The third-order valence-corrected chi connectivity index (χ3v) is 3.93. The lowest BCUT2D eigenvalue weighted by Gasteiger charge is -2.23. The van der Waals surface area contributed by atoms with Crippen molar-refractivity contribution in [3.8, 4) is 0 Å². The minimum Gasteiger partial charge on any atom is -0.299 e. The van der Waals surface area contributed by atoms with Gasteiger partial charge in [0.1, 0.15) is 5.78 Å². The van der Waals surface area contributed by atoms with E-state index in [1.165, 1.54) is 32.1 Å². The van der Waals surface area contributed by atoms with E-state index in [9.17, 15) is 4.79 Å². The Morgan fingerprint density at radius 2 is 1.73 bits per heavy atom. The third kappa shape index (κ3) is 0.863. The van der Waals surface area contributed by atoms with E-state index in [2.05, 4.69) is 6.92 Å². The Morgan fingerprint density at radius 1 is 1.18 bits per heavy atom. The summed E-state index contributed by atoms with van der Waals surface area (Å²) in [6.07, 6.45) is 6.08. The highest BCUT2D eigenvalue weighted by Crippen LogP contribution is 2.61. The normalized spacial score (nSPS) is 48.2. The van der Waals surface area contributed by atoms with Gasteiger partial charge < -0.3 is 0 Å². The van der Waals surface area contributed by atoms with E-state index in [1.54, 1.807) is 6.92 Å². The van der Waals surface area contributed by atoms with Crippen LogP contribution in [0.1, 0.15) is 46.0 Å². The van der Waals surface area contributed by atoms with Gasteiger partial charge in [0.25, 0.3) is 0 Å². The first-order valence-electron chi connectivity index (χ1n) is 4.58. The second-order valence-electron chi connectivity index (χ2n) is 4.82. The molecule has 0 aromatic heterocycles. The highest BCUT2D eigenvalue weighted by Gasteiger charge is 2.53. The standard InChI is InChI=1S/C10H16O/c1-8(11)10-5-3-9(2,7-10)4-6-10/h3-7H2,1-2H3. The Kier molecular flexibility index (Phi) is 1.25. The SMILES string of the molecule is CC(=O)C12CCC(C)(CC1)C2. The fourth-order valence-corrected chi connectivity index (χ4v) is 2.98. The second-order valence-corrected chi connectivity index (χ2v) is 4.82. The molecule has 0 N–H and O–H groups in total. The van der Waals surface area contributed by atoms with Crippen molar-refractivity contribution in [1.82, 2.24) is 0 Å². The van der Waals surface area contributed by atoms with Crippen LogP contribution in [0, 0.1) is 10.8 Å². The number of carbonyl (C=O) groups is 1. The van der Waals surface area contributed by atoms with Crippen molar-refractivity contribution >= 4 is 5.78 Å². The van der Waals surface area contributed by atoms with E-state index < -0.39 is 0 Å². The highest BCUT2D eigenvalue weighted by molar-refractivity contribution is 5.83. The number of rotatable bonds is 1. The molecule has 0 aromatic rings. The van der Waals surface area contributed by atoms with Gasteiger partial charge in [0.05, 0.1) is 0 Å². The fraction of sp³-hybridized carbons (Fsp3) is 0.900. The molecule has 0 atom stereocenters. The zero-order chi connectivity index (χ0) is 8.11. The second kappa shape index (κ2) is 1.88. The number of hydrogen-bond donors (Lipinski definition) is 0. The Labute approximate surface area is 68.2 Å². The van der Waals surface area contributed by atoms with Crippen LogP contribution in [0.15, 0.2) is 0 Å². The molecule has 0 aliphatic heterocycles. The molecule has 0 unspecified atom stereocenters. The van der Waals surface area contributed by atoms with E-state index >= 15 is 0 Å². The molecule has 0 spiro atoms. The molecule has 0 heterocycles. The van der Waals surface area contributed by atoms with Crippen LogP contribution in [-0.4, -0.2) is 5.78 Å². The highest BCUT2D eigenvalue weighted by atomic mass is 16.1. The van der Waals surface area contributed by atoms with Gasteiger partial charge in [-0.3, -0.25) is 4.79 Å². The molecule has 11 heavy (non-hydrogen) atoms. The van der Waals surface area contributed by atoms with Gasteiger partial charge in [-0.05, 0) is 44.4 Å². The molecular weight excluding hydrogens is 136 g/mol. The average Bonchev–Trinajstić information content (AvgIpc) is 2.42. The summed E-state index contributed by atoms with van der Waals surface area (Å²) in [7, 11) is 0. The van der Waals surface area contributed by atoms with Gasteiger partial charge >= 0.3 is 0 Å². The minimum absolute atomic E-state index is 0.134. The molecule has 2 saturated carbocycles. The molecule has 2 aliphatic carbocycles. The number of carbonyl (C=O) groups excluding carboxylic acids is 1. The van der Waals surface area contributed by atoms with Crippen molar-refractivity contribution in [2.24, 2.45) is 10.8 Å². The fourth-order valence-electron chi connectivity index (χ4n) is 2.98. The summed E-state index contributed by atoms with van der Waals surface area (Å²) in [6.45, 7) is 4.11. The largest absolute Gasteiger partial charge is 0.299 e. The molecule has 2 bridgehead atoms. The molecular formula is C10H16O.